The van der Waals surface area contributed by atoms with Crippen LogP contribution in [-0.2, 0) is 4.79 Å². The smallest absolute Gasteiger partial charge is 0.227 e. The number of para-hydroxylation sites is 1. The number of amides is 1. The van der Waals surface area contributed by atoms with E-state index in [0.717, 1.165) is 5.39 Å². The molecular formula is C13H13NO3. The van der Waals surface area contributed by atoms with Gasteiger partial charge >= 0.3 is 0 Å². The van der Waals surface area contributed by atoms with E-state index in [-0.39, 0.29) is 23.9 Å². The molecule has 0 aliphatic carbocycles. The molecule has 17 heavy (non-hydrogen) atoms. The van der Waals surface area contributed by atoms with Gasteiger partial charge in [0.15, 0.2) is 5.76 Å². The Morgan fingerprint density at radius 2 is 2.06 bits per heavy atom. The van der Waals surface area contributed by atoms with Gasteiger partial charge in [0.05, 0.1) is 6.42 Å². The summed E-state index contributed by atoms with van der Waals surface area (Å²) in [5.41, 5.74) is 0.659. The van der Waals surface area contributed by atoms with Crippen molar-refractivity contribution >= 4 is 22.7 Å². The topological polar surface area (TPSA) is 59.3 Å². The second-order valence-electron chi connectivity index (χ2n) is 3.70. The molecule has 0 saturated carbocycles. The van der Waals surface area contributed by atoms with E-state index in [9.17, 15) is 9.59 Å². The molecule has 0 bridgehead atoms. The number of carbonyl (C=O) groups is 2. The Morgan fingerprint density at radius 1 is 1.29 bits per heavy atom. The number of fused-ring (bicyclic) bond motifs is 1. The minimum Gasteiger partial charge on any atom is -0.453 e. The largest absolute Gasteiger partial charge is 0.453 e. The van der Waals surface area contributed by atoms with Crippen molar-refractivity contribution in [1.82, 2.24) is 5.32 Å². The zero-order valence-electron chi connectivity index (χ0n) is 9.53. The van der Waals surface area contributed by atoms with E-state index >= 15 is 0 Å². The van der Waals surface area contributed by atoms with E-state index in [2.05, 4.69) is 5.32 Å². The third-order valence-electron chi connectivity index (χ3n) is 2.40. The fraction of sp³-hybridized carbons (Fsp3) is 0.231. The van der Waals surface area contributed by atoms with E-state index in [0.29, 0.717) is 12.1 Å². The predicted molar refractivity (Wildman–Crippen MR) is 63.8 cm³/mol. The van der Waals surface area contributed by atoms with Crippen molar-refractivity contribution < 1.29 is 14.0 Å². The number of rotatable bonds is 4. The van der Waals surface area contributed by atoms with Crippen molar-refractivity contribution in [1.29, 1.82) is 0 Å². The normalized spacial score (nSPS) is 10.4. The summed E-state index contributed by atoms with van der Waals surface area (Å²) in [6.45, 7) is 2.33. The van der Waals surface area contributed by atoms with Gasteiger partial charge in [0.25, 0.3) is 0 Å². The first kappa shape index (κ1) is 11.4. The molecule has 1 amide bonds. The van der Waals surface area contributed by atoms with E-state index < -0.39 is 0 Å². The molecule has 0 saturated heterocycles. The van der Waals surface area contributed by atoms with Crippen LogP contribution in [0.4, 0.5) is 0 Å². The van der Waals surface area contributed by atoms with Crippen LogP contribution in [0.1, 0.15) is 23.9 Å². The van der Waals surface area contributed by atoms with Gasteiger partial charge in [0.1, 0.15) is 5.58 Å². The Balaban J connectivity index is 2.16. The summed E-state index contributed by atoms with van der Waals surface area (Å²) in [4.78, 5) is 23.0. The molecule has 0 fully saturated rings. The minimum atomic E-state index is -0.299. The molecule has 0 atom stereocenters. The number of carbonyl (C=O) groups excluding carboxylic acids is 2. The van der Waals surface area contributed by atoms with Crippen molar-refractivity contribution in [2.24, 2.45) is 0 Å². The van der Waals surface area contributed by atoms with Gasteiger partial charge < -0.3 is 9.73 Å². The van der Waals surface area contributed by atoms with Crippen LogP contribution in [0.3, 0.4) is 0 Å². The van der Waals surface area contributed by atoms with Crippen molar-refractivity contribution in [2.75, 3.05) is 6.54 Å². The summed E-state index contributed by atoms with van der Waals surface area (Å²) in [5, 5.41) is 3.45. The van der Waals surface area contributed by atoms with Crippen LogP contribution in [-0.4, -0.2) is 18.2 Å². The molecule has 2 aromatic rings. The van der Waals surface area contributed by atoms with Crippen LogP contribution in [0.15, 0.2) is 34.7 Å². The standard InChI is InChI=1S/C13H13NO3/c1-2-14-13(16)8-10(15)12-7-9-5-3-4-6-11(9)17-12/h3-7H,2,8H2,1H3,(H,14,16). The molecule has 4 nitrogen and oxygen atoms in total. The number of hydrogen-bond donors (Lipinski definition) is 1. The molecule has 0 radical (unpaired) electrons. The quantitative estimate of drug-likeness (QED) is 0.647. The lowest BCUT2D eigenvalue weighted by molar-refractivity contribution is -0.120. The molecule has 88 valence electrons. The van der Waals surface area contributed by atoms with E-state index in [4.69, 9.17) is 4.42 Å². The fourth-order valence-electron chi connectivity index (χ4n) is 1.61. The molecule has 1 aromatic heterocycles. The zero-order chi connectivity index (χ0) is 12.3. The molecule has 0 aliphatic heterocycles. The summed E-state index contributed by atoms with van der Waals surface area (Å²) in [7, 11) is 0. The summed E-state index contributed by atoms with van der Waals surface area (Å²) in [5.74, 6) is -0.345. The third-order valence-corrected chi connectivity index (χ3v) is 2.40. The van der Waals surface area contributed by atoms with Crippen LogP contribution in [0, 0.1) is 0 Å². The molecule has 4 heteroatoms. The molecule has 0 unspecified atom stereocenters. The lowest BCUT2D eigenvalue weighted by atomic mass is 10.2. The Kier molecular flexibility index (Phi) is 3.23. The molecule has 1 N–H and O–H groups in total. The summed E-state index contributed by atoms with van der Waals surface area (Å²) in [6, 6.07) is 9.02. The molecule has 1 aromatic carbocycles. The highest BCUT2D eigenvalue weighted by molar-refractivity contribution is 6.07. The maximum absolute atomic E-state index is 11.7. The maximum atomic E-state index is 11.7. The van der Waals surface area contributed by atoms with Crippen LogP contribution >= 0.6 is 0 Å². The average molecular weight is 231 g/mol. The first-order valence-corrected chi connectivity index (χ1v) is 5.49. The highest BCUT2D eigenvalue weighted by Crippen LogP contribution is 2.19. The second kappa shape index (κ2) is 4.82. The number of hydrogen-bond acceptors (Lipinski definition) is 3. The first-order chi connectivity index (χ1) is 8.20. The van der Waals surface area contributed by atoms with Gasteiger partial charge in [-0.2, -0.15) is 0 Å². The zero-order valence-corrected chi connectivity index (χ0v) is 9.53. The third kappa shape index (κ3) is 2.53. The van der Waals surface area contributed by atoms with E-state index in [1.54, 1.807) is 12.1 Å². The van der Waals surface area contributed by atoms with Crippen molar-refractivity contribution in [3.63, 3.8) is 0 Å². The van der Waals surface area contributed by atoms with Gasteiger partial charge in [-0.1, -0.05) is 18.2 Å². The predicted octanol–water partition coefficient (Wildman–Crippen LogP) is 2.14. The highest BCUT2D eigenvalue weighted by Gasteiger charge is 2.15. The van der Waals surface area contributed by atoms with Crippen LogP contribution in [0.5, 0.6) is 0 Å². The molecular weight excluding hydrogens is 218 g/mol. The summed E-state index contributed by atoms with van der Waals surface area (Å²) in [6.07, 6.45) is -0.173. The van der Waals surface area contributed by atoms with Gasteiger partial charge in [-0.3, -0.25) is 9.59 Å². The van der Waals surface area contributed by atoms with Crippen LogP contribution < -0.4 is 5.32 Å². The van der Waals surface area contributed by atoms with Crippen LogP contribution in [0.25, 0.3) is 11.0 Å². The Labute approximate surface area is 98.6 Å². The fourth-order valence-corrected chi connectivity index (χ4v) is 1.61. The number of nitrogens with one attached hydrogen (secondary N) is 1. The molecule has 2 rings (SSSR count). The highest BCUT2D eigenvalue weighted by atomic mass is 16.3. The Bertz CT molecular complexity index is 524. The van der Waals surface area contributed by atoms with E-state index in [1.165, 1.54) is 0 Å². The number of furan rings is 1. The Morgan fingerprint density at radius 3 is 2.76 bits per heavy atom. The van der Waals surface area contributed by atoms with Crippen molar-refractivity contribution in [3.05, 3.63) is 36.1 Å². The number of ketones is 1. The number of benzene rings is 1. The molecule has 0 spiro atoms. The second-order valence-corrected chi connectivity index (χ2v) is 3.70. The maximum Gasteiger partial charge on any atom is 0.227 e. The van der Waals surface area contributed by atoms with E-state index in [1.807, 2.05) is 25.1 Å². The average Bonchev–Trinajstić information content (AvgIpc) is 2.72. The summed E-state index contributed by atoms with van der Waals surface area (Å²) < 4.78 is 5.38. The monoisotopic (exact) mass is 231 g/mol. The minimum absolute atomic E-state index is 0.173. The Hall–Kier alpha value is -2.10. The van der Waals surface area contributed by atoms with Gasteiger partial charge in [0, 0.05) is 11.9 Å². The van der Waals surface area contributed by atoms with Crippen molar-refractivity contribution in [2.45, 2.75) is 13.3 Å². The van der Waals surface area contributed by atoms with Crippen LogP contribution in [0.2, 0.25) is 0 Å². The molecule has 1 heterocycles. The SMILES string of the molecule is CCNC(=O)CC(=O)c1cc2ccccc2o1. The van der Waals surface area contributed by atoms with Gasteiger partial charge in [-0.25, -0.2) is 0 Å². The van der Waals surface area contributed by atoms with Gasteiger partial charge in [-0.15, -0.1) is 0 Å². The van der Waals surface area contributed by atoms with Gasteiger partial charge in [-0.05, 0) is 19.1 Å². The summed E-state index contributed by atoms with van der Waals surface area (Å²) >= 11 is 0. The lowest BCUT2D eigenvalue weighted by Crippen LogP contribution is -2.25. The lowest BCUT2D eigenvalue weighted by Gasteiger charge is -1.98. The molecule has 0 aliphatic rings. The number of Topliss-reactive ketones (excluding diaryl/α,β-unsaturated/α-hetero) is 1. The first-order valence-electron chi connectivity index (χ1n) is 5.49. The van der Waals surface area contributed by atoms with Gasteiger partial charge in [0.2, 0.25) is 11.7 Å². The van der Waals surface area contributed by atoms with Crippen molar-refractivity contribution in [3.8, 4) is 0 Å².